The van der Waals surface area contributed by atoms with E-state index >= 15 is 0 Å². The van der Waals surface area contributed by atoms with Crippen molar-refractivity contribution in [3.05, 3.63) is 35.6 Å². The molecule has 0 fully saturated rings. The van der Waals surface area contributed by atoms with Crippen LogP contribution >= 0.6 is 0 Å². The molecule has 5 heteroatoms. The van der Waals surface area contributed by atoms with Crippen molar-refractivity contribution >= 4 is 11.9 Å². The Hall–Kier alpha value is -1.91. The van der Waals surface area contributed by atoms with Gasteiger partial charge >= 0.3 is 11.9 Å². The molecule has 0 saturated heterocycles. The number of hydrogen-bond acceptors (Lipinski definition) is 2. The maximum Gasteiger partial charge on any atom is 0.394 e. The topological polar surface area (TPSA) is 66.4 Å². The van der Waals surface area contributed by atoms with E-state index < -0.39 is 17.7 Å². The molecule has 4 nitrogen and oxygen atoms in total. The van der Waals surface area contributed by atoms with E-state index in [1.165, 1.54) is 18.2 Å². The molecular weight excluding hydrogens is 189 g/mol. The minimum absolute atomic E-state index is 0.00287. The zero-order chi connectivity index (χ0) is 10.6. The van der Waals surface area contributed by atoms with Gasteiger partial charge in [0, 0.05) is 6.54 Å². The van der Waals surface area contributed by atoms with Crippen molar-refractivity contribution in [2.75, 3.05) is 0 Å². The Bertz CT molecular complexity index is 365. The summed E-state index contributed by atoms with van der Waals surface area (Å²) in [7, 11) is 0. The lowest BCUT2D eigenvalue weighted by molar-refractivity contribution is -0.150. The van der Waals surface area contributed by atoms with E-state index in [1.807, 2.05) is 0 Å². The third-order valence-electron chi connectivity index (χ3n) is 1.54. The predicted octanol–water partition coefficient (Wildman–Crippen LogP) is 0.526. The van der Waals surface area contributed by atoms with Crippen LogP contribution in [-0.2, 0) is 16.1 Å². The Morgan fingerprint density at radius 3 is 2.71 bits per heavy atom. The van der Waals surface area contributed by atoms with E-state index in [4.69, 9.17) is 5.11 Å². The van der Waals surface area contributed by atoms with Gasteiger partial charge in [-0.2, -0.15) is 0 Å². The number of benzene rings is 1. The monoisotopic (exact) mass is 197 g/mol. The fourth-order valence-electron chi connectivity index (χ4n) is 0.905. The van der Waals surface area contributed by atoms with Crippen LogP contribution in [0.3, 0.4) is 0 Å². The highest BCUT2D eigenvalue weighted by Gasteiger charge is 2.09. The molecule has 0 radical (unpaired) electrons. The number of amides is 1. The number of carboxylic acid groups (broad SMARTS) is 1. The first-order valence-electron chi connectivity index (χ1n) is 3.85. The van der Waals surface area contributed by atoms with Gasteiger partial charge in [-0.3, -0.25) is 4.79 Å². The van der Waals surface area contributed by atoms with Gasteiger partial charge in [-0.15, -0.1) is 0 Å². The van der Waals surface area contributed by atoms with Crippen molar-refractivity contribution in [2.24, 2.45) is 0 Å². The molecule has 0 spiro atoms. The average Bonchev–Trinajstić information content (AvgIpc) is 2.14. The SMILES string of the molecule is O=C(O)C(=O)NCc1cccc(F)c1. The van der Waals surface area contributed by atoms with Crippen LogP contribution < -0.4 is 5.32 Å². The number of carbonyl (C=O) groups excluding carboxylic acids is 1. The maximum atomic E-state index is 12.6. The first-order chi connectivity index (χ1) is 6.59. The van der Waals surface area contributed by atoms with E-state index in [2.05, 4.69) is 5.32 Å². The number of hydrogen-bond donors (Lipinski definition) is 2. The lowest BCUT2D eigenvalue weighted by Crippen LogP contribution is -2.30. The predicted molar refractivity (Wildman–Crippen MR) is 45.9 cm³/mol. The number of nitrogens with one attached hydrogen (secondary N) is 1. The number of carbonyl (C=O) groups is 2. The Balaban J connectivity index is 2.54. The van der Waals surface area contributed by atoms with Crippen molar-refractivity contribution in [2.45, 2.75) is 6.54 Å². The summed E-state index contributed by atoms with van der Waals surface area (Å²) in [6.45, 7) is 0.00287. The fraction of sp³-hybridized carbons (Fsp3) is 0.111. The summed E-state index contributed by atoms with van der Waals surface area (Å²) in [5, 5.41) is 10.3. The summed E-state index contributed by atoms with van der Waals surface area (Å²) < 4.78 is 12.6. The smallest absolute Gasteiger partial charge is 0.394 e. The van der Waals surface area contributed by atoms with Crippen LogP contribution in [0, 0.1) is 5.82 Å². The fourth-order valence-corrected chi connectivity index (χ4v) is 0.905. The lowest BCUT2D eigenvalue weighted by atomic mass is 10.2. The van der Waals surface area contributed by atoms with Crippen LogP contribution in [0.1, 0.15) is 5.56 Å². The molecular formula is C9H8FNO3. The second-order valence-electron chi connectivity index (χ2n) is 2.62. The number of aliphatic carboxylic acids is 1. The van der Waals surface area contributed by atoms with Crippen LogP contribution in [0.15, 0.2) is 24.3 Å². The molecule has 1 rings (SSSR count). The molecule has 0 aliphatic carbocycles. The summed E-state index contributed by atoms with van der Waals surface area (Å²) in [6.07, 6.45) is 0. The quantitative estimate of drug-likeness (QED) is 0.679. The molecule has 0 aliphatic rings. The Morgan fingerprint density at radius 1 is 1.43 bits per heavy atom. The molecule has 0 bridgehead atoms. The Kier molecular flexibility index (Phi) is 3.17. The standard InChI is InChI=1S/C9H8FNO3/c10-7-3-1-2-6(4-7)5-11-8(12)9(13)14/h1-4H,5H2,(H,11,12)(H,13,14). The third kappa shape index (κ3) is 2.85. The van der Waals surface area contributed by atoms with Gasteiger partial charge in [0.15, 0.2) is 0 Å². The highest BCUT2D eigenvalue weighted by atomic mass is 19.1. The van der Waals surface area contributed by atoms with E-state index in [0.717, 1.165) is 0 Å². The summed E-state index contributed by atoms with van der Waals surface area (Å²) >= 11 is 0. The molecule has 0 unspecified atom stereocenters. The second-order valence-corrected chi connectivity index (χ2v) is 2.62. The molecule has 0 aromatic heterocycles. The molecule has 0 atom stereocenters. The molecule has 1 amide bonds. The summed E-state index contributed by atoms with van der Waals surface area (Å²) in [6, 6.07) is 5.56. The summed E-state index contributed by atoms with van der Waals surface area (Å²) in [5.41, 5.74) is 0.514. The average molecular weight is 197 g/mol. The van der Waals surface area contributed by atoms with Gasteiger partial charge in [0.1, 0.15) is 5.82 Å². The molecule has 2 N–H and O–H groups in total. The molecule has 14 heavy (non-hydrogen) atoms. The van der Waals surface area contributed by atoms with Crippen molar-refractivity contribution in [1.29, 1.82) is 0 Å². The Morgan fingerprint density at radius 2 is 2.14 bits per heavy atom. The molecule has 0 heterocycles. The lowest BCUT2D eigenvalue weighted by Gasteiger charge is -2.01. The third-order valence-corrected chi connectivity index (χ3v) is 1.54. The minimum atomic E-state index is -1.55. The van der Waals surface area contributed by atoms with Crippen LogP contribution in [0.4, 0.5) is 4.39 Å². The van der Waals surface area contributed by atoms with Crippen molar-refractivity contribution in [3.63, 3.8) is 0 Å². The second kappa shape index (κ2) is 4.36. The van der Waals surface area contributed by atoms with Crippen molar-refractivity contribution in [1.82, 2.24) is 5.32 Å². The van der Waals surface area contributed by atoms with Gasteiger partial charge in [0.2, 0.25) is 0 Å². The number of rotatable bonds is 2. The normalized spacial score (nSPS) is 9.50. The number of halogens is 1. The largest absolute Gasteiger partial charge is 0.474 e. The van der Waals surface area contributed by atoms with Gasteiger partial charge in [0.05, 0.1) is 0 Å². The first-order valence-corrected chi connectivity index (χ1v) is 3.85. The summed E-state index contributed by atoms with van der Waals surface area (Å²) in [5.74, 6) is -3.08. The van der Waals surface area contributed by atoms with Gasteiger partial charge in [0.25, 0.3) is 0 Å². The molecule has 1 aromatic rings. The molecule has 0 aliphatic heterocycles. The highest BCUT2D eigenvalue weighted by molar-refractivity contribution is 6.31. The molecule has 74 valence electrons. The van der Waals surface area contributed by atoms with E-state index in [-0.39, 0.29) is 6.54 Å². The van der Waals surface area contributed by atoms with Gasteiger partial charge in [-0.1, -0.05) is 12.1 Å². The van der Waals surface area contributed by atoms with Crippen molar-refractivity contribution < 1.29 is 19.1 Å². The first kappa shape index (κ1) is 10.2. The van der Waals surface area contributed by atoms with E-state index in [9.17, 15) is 14.0 Å². The van der Waals surface area contributed by atoms with E-state index in [1.54, 1.807) is 6.07 Å². The Labute approximate surface area is 79.4 Å². The highest BCUT2D eigenvalue weighted by Crippen LogP contribution is 2.02. The van der Waals surface area contributed by atoms with Gasteiger partial charge < -0.3 is 10.4 Å². The van der Waals surface area contributed by atoms with Crippen LogP contribution in [0.5, 0.6) is 0 Å². The summed E-state index contributed by atoms with van der Waals surface area (Å²) in [4.78, 5) is 20.7. The van der Waals surface area contributed by atoms with Crippen LogP contribution in [0.2, 0.25) is 0 Å². The minimum Gasteiger partial charge on any atom is -0.474 e. The van der Waals surface area contributed by atoms with Crippen LogP contribution in [0.25, 0.3) is 0 Å². The number of carboxylic acids is 1. The van der Waals surface area contributed by atoms with Gasteiger partial charge in [-0.05, 0) is 17.7 Å². The zero-order valence-electron chi connectivity index (χ0n) is 7.16. The van der Waals surface area contributed by atoms with Gasteiger partial charge in [-0.25, -0.2) is 9.18 Å². The van der Waals surface area contributed by atoms with E-state index in [0.29, 0.717) is 5.56 Å². The zero-order valence-corrected chi connectivity index (χ0v) is 7.16. The molecule has 0 saturated carbocycles. The maximum absolute atomic E-state index is 12.6. The van der Waals surface area contributed by atoms with Crippen LogP contribution in [-0.4, -0.2) is 17.0 Å². The molecule has 1 aromatic carbocycles. The van der Waals surface area contributed by atoms with Crippen molar-refractivity contribution in [3.8, 4) is 0 Å².